The molecule has 2 nitrogen and oxygen atoms in total. The molecule has 2 aromatic rings. The molecule has 2 aromatic carbocycles. The second-order valence-corrected chi connectivity index (χ2v) is 5.32. The minimum Gasteiger partial charge on any atom is -0.488 e. The van der Waals surface area contributed by atoms with E-state index in [-0.39, 0.29) is 5.78 Å². The minimum atomic E-state index is 0.0889. The van der Waals surface area contributed by atoms with Crippen molar-refractivity contribution in [2.24, 2.45) is 0 Å². The third-order valence-corrected chi connectivity index (χ3v) is 4.00. The largest absolute Gasteiger partial charge is 0.488 e. The summed E-state index contributed by atoms with van der Waals surface area (Å²) in [6, 6.07) is 10.3. The van der Waals surface area contributed by atoms with Gasteiger partial charge in [0.15, 0.2) is 5.78 Å². The number of aryl methyl sites for hydroxylation is 1. The van der Waals surface area contributed by atoms with Crippen LogP contribution in [-0.4, -0.2) is 5.78 Å². The van der Waals surface area contributed by atoms with Crippen LogP contribution in [0, 0.1) is 0 Å². The first-order valence-electron chi connectivity index (χ1n) is 8.20. The van der Waals surface area contributed by atoms with Gasteiger partial charge in [-0.1, -0.05) is 45.6 Å². The molecule has 2 heteroatoms. The molecule has 0 fully saturated rings. The average molecular weight is 308 g/mol. The molecule has 23 heavy (non-hydrogen) atoms. The molecular weight excluding hydrogens is 284 g/mol. The van der Waals surface area contributed by atoms with E-state index in [0.717, 1.165) is 40.0 Å². The molecule has 120 valence electrons. The predicted octanol–water partition coefficient (Wildman–Crippen LogP) is 5.68. The molecule has 0 bridgehead atoms. The van der Waals surface area contributed by atoms with Gasteiger partial charge in [-0.15, -0.1) is 0 Å². The first-order valence-corrected chi connectivity index (χ1v) is 8.20. The molecule has 1 aliphatic heterocycles. The third kappa shape index (κ3) is 3.21. The van der Waals surface area contributed by atoms with E-state index >= 15 is 0 Å². The number of fused-ring (bicyclic) bond motifs is 3. The monoisotopic (exact) mass is 308 g/mol. The number of ketones is 1. The van der Waals surface area contributed by atoms with Crippen molar-refractivity contribution in [2.45, 2.75) is 40.7 Å². The van der Waals surface area contributed by atoms with E-state index in [1.165, 1.54) is 5.56 Å². The lowest BCUT2D eigenvalue weighted by atomic mass is 9.90. The van der Waals surface area contributed by atoms with Gasteiger partial charge in [0.1, 0.15) is 12.4 Å². The van der Waals surface area contributed by atoms with Crippen molar-refractivity contribution in [3.8, 4) is 16.9 Å². The molecular formula is C21H24O2. The maximum absolute atomic E-state index is 11.8. The smallest absolute Gasteiger partial charge is 0.160 e. The van der Waals surface area contributed by atoms with Crippen LogP contribution in [0.3, 0.4) is 0 Å². The Labute approximate surface area is 138 Å². The third-order valence-electron chi connectivity index (χ3n) is 4.00. The van der Waals surface area contributed by atoms with Gasteiger partial charge in [-0.2, -0.15) is 0 Å². The highest BCUT2D eigenvalue weighted by atomic mass is 16.5. The highest BCUT2D eigenvalue weighted by Gasteiger charge is 2.20. The van der Waals surface area contributed by atoms with Gasteiger partial charge in [0.25, 0.3) is 0 Å². The lowest BCUT2D eigenvalue weighted by Gasteiger charge is -2.23. The Hall–Kier alpha value is -2.35. The van der Waals surface area contributed by atoms with Crippen molar-refractivity contribution in [2.75, 3.05) is 0 Å². The van der Waals surface area contributed by atoms with Crippen LogP contribution in [0.2, 0.25) is 0 Å². The van der Waals surface area contributed by atoms with Gasteiger partial charge in [0.2, 0.25) is 0 Å². The molecule has 0 aliphatic carbocycles. The number of carbonyl (C=O) groups is 1. The maximum atomic E-state index is 11.8. The minimum absolute atomic E-state index is 0.0889. The van der Waals surface area contributed by atoms with Crippen LogP contribution in [-0.2, 0) is 13.0 Å². The quantitative estimate of drug-likeness (QED) is 0.682. The van der Waals surface area contributed by atoms with Gasteiger partial charge in [-0.05, 0) is 53.8 Å². The first-order chi connectivity index (χ1) is 11.1. The van der Waals surface area contributed by atoms with Crippen LogP contribution in [0.4, 0.5) is 0 Å². The number of benzene rings is 2. The predicted molar refractivity (Wildman–Crippen MR) is 97.0 cm³/mol. The summed E-state index contributed by atoms with van der Waals surface area (Å²) in [6.45, 7) is 12.0. The molecule has 0 spiro atoms. The van der Waals surface area contributed by atoms with Crippen molar-refractivity contribution in [1.82, 2.24) is 0 Å². The Kier molecular flexibility index (Phi) is 5.38. The Balaban J connectivity index is 0.000000924. The molecule has 0 amide bonds. The van der Waals surface area contributed by atoms with E-state index in [0.29, 0.717) is 6.61 Å². The number of ether oxygens (including phenoxy) is 1. The number of hydrogen-bond donors (Lipinski definition) is 0. The summed E-state index contributed by atoms with van der Waals surface area (Å²) in [5.74, 6) is 0.891. The van der Waals surface area contributed by atoms with E-state index in [9.17, 15) is 4.79 Å². The number of hydrogen-bond acceptors (Lipinski definition) is 2. The second-order valence-electron chi connectivity index (χ2n) is 5.32. The van der Waals surface area contributed by atoms with Gasteiger partial charge in [-0.25, -0.2) is 0 Å². The molecule has 0 unspecified atom stereocenters. The maximum Gasteiger partial charge on any atom is 0.160 e. The second kappa shape index (κ2) is 7.28. The molecule has 3 rings (SSSR count). The highest BCUT2D eigenvalue weighted by molar-refractivity contribution is 5.97. The standard InChI is InChI=1S/C19H18O2.C2H6/c1-4-13-6-7-16-15(8-13)11-21-19-10-17(12(3)20)14(5-2)9-18(16)19;1-2/h4,6-10H,1,5,11H2,2-3H3;1-2H3. The Bertz CT molecular complexity index is 742. The zero-order chi connectivity index (χ0) is 17.0. The van der Waals surface area contributed by atoms with Crippen LogP contribution in [0.5, 0.6) is 5.75 Å². The lowest BCUT2D eigenvalue weighted by molar-refractivity contribution is 0.101. The van der Waals surface area contributed by atoms with Gasteiger partial charge in [0.05, 0.1) is 0 Å². The molecule has 0 saturated heterocycles. The highest BCUT2D eigenvalue weighted by Crippen LogP contribution is 2.40. The van der Waals surface area contributed by atoms with Crippen molar-refractivity contribution in [3.05, 3.63) is 59.2 Å². The van der Waals surface area contributed by atoms with Crippen molar-refractivity contribution < 1.29 is 9.53 Å². The van der Waals surface area contributed by atoms with Crippen LogP contribution < -0.4 is 4.74 Å². The van der Waals surface area contributed by atoms with Crippen LogP contribution in [0.1, 0.15) is 54.7 Å². The Morgan fingerprint density at radius 1 is 1.22 bits per heavy atom. The van der Waals surface area contributed by atoms with Crippen molar-refractivity contribution in [3.63, 3.8) is 0 Å². The number of carbonyl (C=O) groups excluding carboxylic acids is 1. The molecule has 1 heterocycles. The number of Topliss-reactive ketones (excluding diaryl/α,β-unsaturated/α-hetero) is 1. The summed E-state index contributed by atoms with van der Waals surface area (Å²) in [6.07, 6.45) is 2.67. The molecule has 0 saturated carbocycles. The van der Waals surface area contributed by atoms with E-state index < -0.39 is 0 Å². The molecule has 0 radical (unpaired) electrons. The summed E-state index contributed by atoms with van der Waals surface area (Å²) in [7, 11) is 0. The van der Waals surface area contributed by atoms with E-state index in [4.69, 9.17) is 4.74 Å². The summed E-state index contributed by atoms with van der Waals surface area (Å²) < 4.78 is 5.85. The summed E-state index contributed by atoms with van der Waals surface area (Å²) in [5, 5.41) is 0. The SMILES string of the molecule is C=Cc1ccc2c(c1)COc1cc(C(C)=O)c(CC)cc1-2.CC. The first kappa shape index (κ1) is 17.0. The van der Waals surface area contributed by atoms with Crippen LogP contribution >= 0.6 is 0 Å². The fraction of sp³-hybridized carbons (Fsp3) is 0.286. The van der Waals surface area contributed by atoms with Gasteiger partial charge in [0, 0.05) is 11.1 Å². The Morgan fingerprint density at radius 3 is 2.57 bits per heavy atom. The topological polar surface area (TPSA) is 26.3 Å². The summed E-state index contributed by atoms with van der Waals surface area (Å²) in [4.78, 5) is 11.8. The molecule has 0 atom stereocenters. The summed E-state index contributed by atoms with van der Waals surface area (Å²) >= 11 is 0. The van der Waals surface area contributed by atoms with E-state index in [1.807, 2.05) is 26.0 Å². The molecule has 0 N–H and O–H groups in total. The normalized spacial score (nSPS) is 11.3. The zero-order valence-electron chi connectivity index (χ0n) is 14.4. The molecule has 1 aliphatic rings. The average Bonchev–Trinajstić information content (AvgIpc) is 2.61. The van der Waals surface area contributed by atoms with Gasteiger partial charge >= 0.3 is 0 Å². The fourth-order valence-electron chi connectivity index (χ4n) is 2.85. The van der Waals surface area contributed by atoms with Gasteiger partial charge in [-0.3, -0.25) is 4.79 Å². The van der Waals surface area contributed by atoms with E-state index in [1.54, 1.807) is 6.92 Å². The van der Waals surface area contributed by atoms with Crippen molar-refractivity contribution in [1.29, 1.82) is 0 Å². The Morgan fingerprint density at radius 2 is 1.96 bits per heavy atom. The number of rotatable bonds is 3. The van der Waals surface area contributed by atoms with Gasteiger partial charge < -0.3 is 4.74 Å². The lowest BCUT2D eigenvalue weighted by Crippen LogP contribution is -2.09. The van der Waals surface area contributed by atoms with Crippen LogP contribution in [0.15, 0.2) is 36.9 Å². The zero-order valence-corrected chi connectivity index (χ0v) is 14.4. The fourth-order valence-corrected chi connectivity index (χ4v) is 2.85. The van der Waals surface area contributed by atoms with Crippen molar-refractivity contribution >= 4 is 11.9 Å². The van der Waals surface area contributed by atoms with E-state index in [2.05, 4.69) is 37.8 Å². The summed E-state index contributed by atoms with van der Waals surface area (Å²) in [5.41, 5.74) is 6.36. The van der Waals surface area contributed by atoms with Crippen LogP contribution in [0.25, 0.3) is 17.2 Å². The molecule has 0 aromatic heterocycles.